The molecular weight excluding hydrogens is 298 g/mol. The number of rotatable bonds is 4. The van der Waals surface area contributed by atoms with E-state index in [1.165, 1.54) is 11.3 Å². The average molecular weight is 316 g/mol. The number of hydrogen-bond donors (Lipinski definition) is 0. The first-order chi connectivity index (χ1) is 9.61. The Morgan fingerprint density at radius 2 is 2.25 bits per heavy atom. The van der Waals surface area contributed by atoms with Gasteiger partial charge in [-0.2, -0.15) is 0 Å². The fourth-order valence-corrected chi connectivity index (χ4v) is 3.46. The summed E-state index contributed by atoms with van der Waals surface area (Å²) < 4.78 is 5.59. The van der Waals surface area contributed by atoms with Crippen LogP contribution in [0.5, 0.6) is 0 Å². The topological polar surface area (TPSA) is 46.6 Å². The van der Waals surface area contributed by atoms with Gasteiger partial charge in [-0.05, 0) is 38.3 Å². The Balaban J connectivity index is 2.06. The van der Waals surface area contributed by atoms with Gasteiger partial charge in [-0.3, -0.25) is 9.59 Å². The minimum atomic E-state index is -0.235. The zero-order valence-corrected chi connectivity index (χ0v) is 13.0. The molecule has 0 aliphatic carbocycles. The van der Waals surface area contributed by atoms with Gasteiger partial charge in [-0.15, -0.1) is 11.3 Å². The molecule has 1 amide bonds. The number of halogens is 1. The van der Waals surface area contributed by atoms with E-state index >= 15 is 0 Å². The highest BCUT2D eigenvalue weighted by molar-refractivity contribution is 7.17. The van der Waals surface area contributed by atoms with Gasteiger partial charge in [0.2, 0.25) is 0 Å². The Hall–Kier alpha value is -1.07. The lowest BCUT2D eigenvalue weighted by Gasteiger charge is -2.35. The van der Waals surface area contributed by atoms with Crippen LogP contribution in [0.4, 0.5) is 0 Å². The van der Waals surface area contributed by atoms with E-state index in [-0.39, 0.29) is 24.3 Å². The third-order valence-electron chi connectivity index (χ3n) is 3.38. The van der Waals surface area contributed by atoms with Gasteiger partial charge < -0.3 is 9.64 Å². The second kappa shape index (κ2) is 7.09. The van der Waals surface area contributed by atoms with Crippen molar-refractivity contribution < 1.29 is 14.3 Å². The number of amides is 1. The van der Waals surface area contributed by atoms with E-state index in [9.17, 15) is 9.59 Å². The largest absolute Gasteiger partial charge is 0.466 e. The Morgan fingerprint density at radius 3 is 2.90 bits per heavy atom. The van der Waals surface area contributed by atoms with E-state index in [1.807, 2.05) is 0 Å². The van der Waals surface area contributed by atoms with Crippen molar-refractivity contribution in [3.05, 3.63) is 21.3 Å². The molecule has 1 fully saturated rings. The first-order valence-electron chi connectivity index (χ1n) is 6.83. The Kier molecular flexibility index (Phi) is 5.43. The van der Waals surface area contributed by atoms with Crippen molar-refractivity contribution in [2.45, 2.75) is 38.6 Å². The van der Waals surface area contributed by atoms with Crippen molar-refractivity contribution in [1.82, 2.24) is 4.90 Å². The molecule has 1 aliphatic heterocycles. The number of piperidine rings is 1. The second-order valence-electron chi connectivity index (χ2n) is 4.76. The molecule has 0 aromatic carbocycles. The van der Waals surface area contributed by atoms with Crippen LogP contribution < -0.4 is 0 Å². The highest BCUT2D eigenvalue weighted by Crippen LogP contribution is 2.27. The molecule has 6 heteroatoms. The average Bonchev–Trinajstić information content (AvgIpc) is 2.85. The smallest absolute Gasteiger partial charge is 0.307 e. The van der Waals surface area contributed by atoms with Crippen molar-refractivity contribution in [2.24, 2.45) is 0 Å². The summed E-state index contributed by atoms with van der Waals surface area (Å²) in [5.41, 5.74) is 0. The zero-order valence-electron chi connectivity index (χ0n) is 11.4. The molecule has 0 bridgehead atoms. The van der Waals surface area contributed by atoms with E-state index in [1.54, 1.807) is 24.0 Å². The van der Waals surface area contributed by atoms with E-state index in [2.05, 4.69) is 0 Å². The number of esters is 1. The fraction of sp³-hybridized carbons (Fsp3) is 0.571. The molecule has 0 unspecified atom stereocenters. The fourth-order valence-electron chi connectivity index (χ4n) is 2.46. The van der Waals surface area contributed by atoms with E-state index in [0.29, 0.717) is 22.4 Å². The summed E-state index contributed by atoms with van der Waals surface area (Å²) in [5, 5.41) is 0. The monoisotopic (exact) mass is 315 g/mol. The normalized spacial score (nSPS) is 18.9. The van der Waals surface area contributed by atoms with Crippen LogP contribution in [0.15, 0.2) is 12.1 Å². The molecule has 2 rings (SSSR count). The summed E-state index contributed by atoms with van der Waals surface area (Å²) >= 11 is 7.16. The molecule has 1 aromatic rings. The van der Waals surface area contributed by atoms with E-state index < -0.39 is 0 Å². The number of likely N-dealkylation sites (tertiary alicyclic amines) is 1. The predicted molar refractivity (Wildman–Crippen MR) is 79.3 cm³/mol. The molecule has 0 radical (unpaired) electrons. The highest BCUT2D eigenvalue weighted by atomic mass is 35.5. The highest BCUT2D eigenvalue weighted by Gasteiger charge is 2.30. The lowest BCUT2D eigenvalue weighted by atomic mass is 9.99. The molecule has 0 spiro atoms. The third-order valence-corrected chi connectivity index (χ3v) is 4.60. The second-order valence-corrected chi connectivity index (χ2v) is 6.48. The Bertz CT molecular complexity index is 489. The standard InChI is InChI=1S/C14H18ClNO3S/c1-2-19-13(17)9-10-5-3-4-8-16(10)14(18)11-6-7-12(15)20-11/h6-7,10H,2-5,8-9H2,1H3/t10-/m0/s1. The van der Waals surface area contributed by atoms with E-state index in [4.69, 9.17) is 16.3 Å². The maximum absolute atomic E-state index is 12.5. The van der Waals surface area contributed by atoms with Gasteiger partial charge in [-0.1, -0.05) is 11.6 Å². The van der Waals surface area contributed by atoms with Crippen LogP contribution in [0, 0.1) is 0 Å². The molecule has 20 heavy (non-hydrogen) atoms. The van der Waals surface area contributed by atoms with Crippen molar-refractivity contribution in [1.29, 1.82) is 0 Å². The van der Waals surface area contributed by atoms with Crippen LogP contribution in [-0.2, 0) is 9.53 Å². The van der Waals surface area contributed by atoms with E-state index in [0.717, 1.165) is 19.3 Å². The van der Waals surface area contributed by atoms with Crippen molar-refractivity contribution in [2.75, 3.05) is 13.2 Å². The lowest BCUT2D eigenvalue weighted by molar-refractivity contribution is -0.144. The summed E-state index contributed by atoms with van der Waals surface area (Å²) in [5.74, 6) is -0.266. The van der Waals surface area contributed by atoms with Crippen LogP contribution in [0.1, 0.15) is 42.3 Å². The van der Waals surface area contributed by atoms with Gasteiger partial charge in [-0.25, -0.2) is 0 Å². The summed E-state index contributed by atoms with van der Waals surface area (Å²) in [7, 11) is 0. The molecule has 2 heterocycles. The van der Waals surface area contributed by atoms with Gasteiger partial charge in [0.25, 0.3) is 5.91 Å². The van der Waals surface area contributed by atoms with Crippen molar-refractivity contribution in [3.63, 3.8) is 0 Å². The maximum atomic E-state index is 12.5. The minimum Gasteiger partial charge on any atom is -0.466 e. The van der Waals surface area contributed by atoms with Crippen LogP contribution in [0.25, 0.3) is 0 Å². The molecular formula is C14H18ClNO3S. The third kappa shape index (κ3) is 3.73. The molecule has 1 aromatic heterocycles. The Labute approximate surface area is 127 Å². The van der Waals surface area contributed by atoms with Crippen molar-refractivity contribution >= 4 is 34.8 Å². The predicted octanol–water partition coefficient (Wildman–Crippen LogP) is 3.35. The molecule has 0 saturated carbocycles. The number of carbonyl (C=O) groups is 2. The summed E-state index contributed by atoms with van der Waals surface area (Å²) in [6.07, 6.45) is 3.14. The summed E-state index contributed by atoms with van der Waals surface area (Å²) in [6, 6.07) is 3.41. The number of nitrogens with zero attached hydrogens (tertiary/aromatic N) is 1. The molecule has 4 nitrogen and oxygen atoms in total. The molecule has 1 saturated heterocycles. The first kappa shape index (κ1) is 15.3. The van der Waals surface area contributed by atoms with Crippen molar-refractivity contribution in [3.8, 4) is 0 Å². The summed E-state index contributed by atoms with van der Waals surface area (Å²) in [6.45, 7) is 2.85. The number of carbonyl (C=O) groups excluding carboxylic acids is 2. The first-order valence-corrected chi connectivity index (χ1v) is 8.03. The Morgan fingerprint density at radius 1 is 1.45 bits per heavy atom. The SMILES string of the molecule is CCOC(=O)C[C@@H]1CCCCN1C(=O)c1ccc(Cl)s1. The van der Waals surface area contributed by atoms with Gasteiger partial charge in [0, 0.05) is 12.6 Å². The zero-order chi connectivity index (χ0) is 14.5. The van der Waals surface area contributed by atoms with Crippen LogP contribution >= 0.6 is 22.9 Å². The van der Waals surface area contributed by atoms with Crippen LogP contribution in [-0.4, -0.2) is 36.0 Å². The maximum Gasteiger partial charge on any atom is 0.307 e. The van der Waals surface area contributed by atoms with Gasteiger partial charge >= 0.3 is 5.97 Å². The summed E-state index contributed by atoms with van der Waals surface area (Å²) in [4.78, 5) is 26.6. The minimum absolute atomic E-state index is 0.0316. The van der Waals surface area contributed by atoms with Gasteiger partial charge in [0.15, 0.2) is 0 Å². The van der Waals surface area contributed by atoms with Gasteiger partial charge in [0.1, 0.15) is 0 Å². The molecule has 0 N–H and O–H groups in total. The molecule has 1 atom stereocenters. The van der Waals surface area contributed by atoms with Crippen LogP contribution in [0.3, 0.4) is 0 Å². The molecule has 1 aliphatic rings. The number of hydrogen-bond acceptors (Lipinski definition) is 4. The number of thiophene rings is 1. The van der Waals surface area contributed by atoms with Gasteiger partial charge in [0.05, 0.1) is 22.2 Å². The quantitative estimate of drug-likeness (QED) is 0.800. The van der Waals surface area contributed by atoms with Crippen LogP contribution in [0.2, 0.25) is 4.34 Å². The lowest BCUT2D eigenvalue weighted by Crippen LogP contribution is -2.44. The molecule has 110 valence electrons. The number of ether oxygens (including phenoxy) is 1.